The summed E-state index contributed by atoms with van der Waals surface area (Å²) in [5, 5.41) is 3.40. The van der Waals surface area contributed by atoms with Gasteiger partial charge in [-0.25, -0.2) is 0 Å². The Bertz CT molecular complexity index is 271. The van der Waals surface area contributed by atoms with Crippen molar-refractivity contribution in [2.75, 3.05) is 13.1 Å². The van der Waals surface area contributed by atoms with Gasteiger partial charge in [-0.2, -0.15) is 0 Å². The van der Waals surface area contributed by atoms with Gasteiger partial charge in [0.25, 0.3) is 0 Å². The fourth-order valence-corrected chi connectivity index (χ4v) is 1.66. The summed E-state index contributed by atoms with van der Waals surface area (Å²) in [6.45, 7) is 2.10. The van der Waals surface area contributed by atoms with Crippen LogP contribution in [0.5, 0.6) is 0 Å². The van der Waals surface area contributed by atoms with E-state index in [4.69, 9.17) is 0 Å². The van der Waals surface area contributed by atoms with Gasteiger partial charge < -0.3 is 10.1 Å². The first-order valence-electron chi connectivity index (χ1n) is 6.12. The molecule has 0 heterocycles. The fourth-order valence-electron chi connectivity index (χ4n) is 1.66. The van der Waals surface area contributed by atoms with Crippen molar-refractivity contribution < 1.29 is 4.79 Å². The molecule has 1 aromatic rings. The molecule has 1 aromatic carbocycles. The Kier molecular flexibility index (Phi) is 7.35. The van der Waals surface area contributed by atoms with E-state index in [1.807, 2.05) is 0 Å². The second kappa shape index (κ2) is 9.10. The summed E-state index contributed by atoms with van der Waals surface area (Å²) in [4.78, 5) is 10.1. The van der Waals surface area contributed by atoms with Crippen LogP contribution >= 0.6 is 0 Å². The highest BCUT2D eigenvalue weighted by atomic mass is 16.1. The molecule has 0 atom stereocenters. The monoisotopic (exact) mass is 219 g/mol. The van der Waals surface area contributed by atoms with E-state index in [1.165, 1.54) is 12.0 Å². The van der Waals surface area contributed by atoms with Crippen molar-refractivity contribution in [3.63, 3.8) is 0 Å². The molecule has 1 N–H and O–H groups in total. The summed E-state index contributed by atoms with van der Waals surface area (Å²) in [6.07, 6.45) is 6.13. The zero-order valence-electron chi connectivity index (χ0n) is 9.82. The molecule has 0 radical (unpaired) electrons. The summed E-state index contributed by atoms with van der Waals surface area (Å²) < 4.78 is 0. The molecule has 16 heavy (non-hydrogen) atoms. The van der Waals surface area contributed by atoms with Gasteiger partial charge in [0.1, 0.15) is 6.29 Å². The summed E-state index contributed by atoms with van der Waals surface area (Å²) in [7, 11) is 0. The molecule has 1 rings (SSSR count). The SMILES string of the molecule is O=CCCCCNCCCc1ccccc1. The van der Waals surface area contributed by atoms with Gasteiger partial charge in [-0.1, -0.05) is 30.3 Å². The van der Waals surface area contributed by atoms with Crippen molar-refractivity contribution in [2.45, 2.75) is 32.1 Å². The molecule has 2 nitrogen and oxygen atoms in total. The second-order valence-corrected chi connectivity index (χ2v) is 4.00. The van der Waals surface area contributed by atoms with E-state index in [2.05, 4.69) is 35.6 Å². The number of rotatable bonds is 9. The molecule has 0 aliphatic carbocycles. The molecule has 2 heteroatoms. The quantitative estimate of drug-likeness (QED) is 0.511. The van der Waals surface area contributed by atoms with E-state index in [0.717, 1.165) is 38.6 Å². The van der Waals surface area contributed by atoms with Crippen LogP contribution in [0.2, 0.25) is 0 Å². The van der Waals surface area contributed by atoms with Gasteiger partial charge in [0.15, 0.2) is 0 Å². The highest BCUT2D eigenvalue weighted by Gasteiger charge is 1.92. The minimum atomic E-state index is 0.700. The molecule has 0 aliphatic heterocycles. The van der Waals surface area contributed by atoms with E-state index < -0.39 is 0 Å². The maximum atomic E-state index is 10.1. The lowest BCUT2D eigenvalue weighted by atomic mass is 10.1. The number of aryl methyl sites for hydroxylation is 1. The van der Waals surface area contributed by atoms with Crippen LogP contribution in [0.25, 0.3) is 0 Å². The van der Waals surface area contributed by atoms with Crippen molar-refractivity contribution in [1.82, 2.24) is 5.32 Å². The minimum Gasteiger partial charge on any atom is -0.317 e. The van der Waals surface area contributed by atoms with E-state index in [1.54, 1.807) is 0 Å². The number of carbonyl (C=O) groups is 1. The van der Waals surface area contributed by atoms with Gasteiger partial charge in [0.2, 0.25) is 0 Å². The van der Waals surface area contributed by atoms with E-state index in [0.29, 0.717) is 6.42 Å². The molecular formula is C14H21NO. The van der Waals surface area contributed by atoms with Gasteiger partial charge in [-0.15, -0.1) is 0 Å². The van der Waals surface area contributed by atoms with Crippen LogP contribution in [0, 0.1) is 0 Å². The van der Waals surface area contributed by atoms with Crippen molar-refractivity contribution in [3.05, 3.63) is 35.9 Å². The first kappa shape index (κ1) is 12.9. The molecule has 0 fully saturated rings. The van der Waals surface area contributed by atoms with Crippen LogP contribution in [0.3, 0.4) is 0 Å². The molecule has 0 saturated carbocycles. The number of hydrogen-bond donors (Lipinski definition) is 1. The van der Waals surface area contributed by atoms with Gasteiger partial charge in [0, 0.05) is 6.42 Å². The van der Waals surface area contributed by atoms with Crippen LogP contribution in [-0.2, 0) is 11.2 Å². The number of benzene rings is 1. The lowest BCUT2D eigenvalue weighted by Crippen LogP contribution is -2.17. The third-order valence-electron chi connectivity index (χ3n) is 2.59. The lowest BCUT2D eigenvalue weighted by Gasteiger charge is -2.04. The number of aldehydes is 1. The Hall–Kier alpha value is -1.15. The number of unbranched alkanes of at least 4 members (excludes halogenated alkanes) is 2. The zero-order chi connectivity index (χ0) is 11.5. The molecule has 0 bridgehead atoms. The van der Waals surface area contributed by atoms with Crippen LogP contribution in [0.15, 0.2) is 30.3 Å². The second-order valence-electron chi connectivity index (χ2n) is 4.00. The predicted molar refractivity (Wildman–Crippen MR) is 67.5 cm³/mol. The Morgan fingerprint density at radius 3 is 2.50 bits per heavy atom. The third-order valence-corrected chi connectivity index (χ3v) is 2.59. The summed E-state index contributed by atoms with van der Waals surface area (Å²) in [6, 6.07) is 10.6. The van der Waals surface area contributed by atoms with Gasteiger partial charge in [-0.05, 0) is 44.3 Å². The Balaban J connectivity index is 1.90. The van der Waals surface area contributed by atoms with Crippen LogP contribution in [0.1, 0.15) is 31.2 Å². The van der Waals surface area contributed by atoms with Gasteiger partial charge >= 0.3 is 0 Å². The summed E-state index contributed by atoms with van der Waals surface area (Å²) >= 11 is 0. The maximum absolute atomic E-state index is 10.1. The summed E-state index contributed by atoms with van der Waals surface area (Å²) in [5.74, 6) is 0. The molecule has 0 unspecified atom stereocenters. The fraction of sp³-hybridized carbons (Fsp3) is 0.500. The topological polar surface area (TPSA) is 29.1 Å². The maximum Gasteiger partial charge on any atom is 0.119 e. The Morgan fingerprint density at radius 1 is 1.00 bits per heavy atom. The van der Waals surface area contributed by atoms with Crippen molar-refractivity contribution in [1.29, 1.82) is 0 Å². The first-order valence-corrected chi connectivity index (χ1v) is 6.12. The van der Waals surface area contributed by atoms with Crippen molar-refractivity contribution in [3.8, 4) is 0 Å². The van der Waals surface area contributed by atoms with E-state index in [9.17, 15) is 4.79 Å². The predicted octanol–water partition coefficient (Wildman–Crippen LogP) is 2.58. The molecule has 88 valence electrons. The van der Waals surface area contributed by atoms with Gasteiger partial charge in [-0.3, -0.25) is 0 Å². The van der Waals surface area contributed by atoms with Crippen molar-refractivity contribution in [2.24, 2.45) is 0 Å². The van der Waals surface area contributed by atoms with Crippen LogP contribution < -0.4 is 5.32 Å². The number of nitrogens with one attached hydrogen (secondary N) is 1. The van der Waals surface area contributed by atoms with Crippen LogP contribution in [-0.4, -0.2) is 19.4 Å². The van der Waals surface area contributed by atoms with Gasteiger partial charge in [0.05, 0.1) is 0 Å². The van der Waals surface area contributed by atoms with E-state index >= 15 is 0 Å². The largest absolute Gasteiger partial charge is 0.317 e. The molecule has 0 spiro atoms. The molecule has 0 aromatic heterocycles. The lowest BCUT2D eigenvalue weighted by molar-refractivity contribution is -0.107. The first-order chi connectivity index (χ1) is 7.93. The Morgan fingerprint density at radius 2 is 1.75 bits per heavy atom. The minimum absolute atomic E-state index is 0.700. The number of carbonyl (C=O) groups excluding carboxylic acids is 1. The Labute approximate surface area is 98.1 Å². The smallest absolute Gasteiger partial charge is 0.119 e. The molecule has 0 amide bonds. The highest BCUT2D eigenvalue weighted by molar-refractivity contribution is 5.48. The third kappa shape index (κ3) is 6.36. The molecule has 0 saturated heterocycles. The summed E-state index contributed by atoms with van der Waals surface area (Å²) in [5.41, 5.74) is 1.41. The molecular weight excluding hydrogens is 198 g/mol. The zero-order valence-corrected chi connectivity index (χ0v) is 9.82. The van der Waals surface area contributed by atoms with Crippen LogP contribution in [0.4, 0.5) is 0 Å². The van der Waals surface area contributed by atoms with Crippen molar-refractivity contribution >= 4 is 6.29 Å². The number of hydrogen-bond acceptors (Lipinski definition) is 2. The average molecular weight is 219 g/mol. The standard InChI is InChI=1S/C14H21NO/c16-13-6-2-5-11-15-12-7-10-14-8-3-1-4-9-14/h1,3-4,8-9,13,15H,2,5-7,10-12H2. The molecule has 0 aliphatic rings. The highest BCUT2D eigenvalue weighted by Crippen LogP contribution is 2.01. The van der Waals surface area contributed by atoms with E-state index in [-0.39, 0.29) is 0 Å². The average Bonchev–Trinajstić information content (AvgIpc) is 2.34. The normalized spacial score (nSPS) is 10.2.